The molecule has 1 aliphatic carbocycles. The van der Waals surface area contributed by atoms with Crippen molar-refractivity contribution >= 4 is 35.0 Å². The number of hydrogen-bond donors (Lipinski definition) is 2. The lowest BCUT2D eigenvalue weighted by molar-refractivity contribution is -0.141. The fourth-order valence-electron chi connectivity index (χ4n) is 7.80. The number of carbonyl (C=O) groups excluding carboxylic acids is 3. The highest BCUT2D eigenvalue weighted by molar-refractivity contribution is 6.30. The molecule has 6 rings (SSSR count). The largest absolute Gasteiger partial charge is 0.359 e. The average Bonchev–Trinajstić information content (AvgIpc) is 3.64. The summed E-state index contributed by atoms with van der Waals surface area (Å²) in [5.41, 5.74) is 0.644. The number of fused-ring (bicyclic) bond motifs is 1. The molecule has 2 aromatic rings. The van der Waals surface area contributed by atoms with Gasteiger partial charge in [0.1, 0.15) is 11.6 Å². The highest BCUT2D eigenvalue weighted by atomic mass is 35.5. The summed E-state index contributed by atoms with van der Waals surface area (Å²) in [6.45, 7) is 6.39. The van der Waals surface area contributed by atoms with Crippen molar-refractivity contribution in [2.24, 2.45) is 23.7 Å². The number of hydrogen-bond acceptors (Lipinski definition) is 5. The van der Waals surface area contributed by atoms with E-state index in [0.29, 0.717) is 35.5 Å². The molecule has 0 radical (unpaired) electrons. The molecule has 2 saturated heterocycles. The second-order valence-corrected chi connectivity index (χ2v) is 13.6. The Balaban J connectivity index is 1.22. The molecule has 1 spiro atoms. The van der Waals surface area contributed by atoms with Crippen LogP contribution < -0.4 is 10.6 Å². The van der Waals surface area contributed by atoms with E-state index in [1.165, 1.54) is 5.56 Å². The maximum absolute atomic E-state index is 14.3. The SMILES string of the molecule is C[C@H]1[C@H](C)CCC[C@@H]1NC(=O)[C@@H]1N(CCCN(C)Cc2ccccc2)C(=O)[C@@H]2[C@H](C(=O)Nc3ccc(Cl)cc3)[C@@H]3C=C[C@]21O3. The highest BCUT2D eigenvalue weighted by Crippen LogP contribution is 2.55. The zero-order valence-electron chi connectivity index (χ0n) is 25.7. The Morgan fingerprint density at radius 2 is 1.82 bits per heavy atom. The number of nitrogens with one attached hydrogen (secondary N) is 2. The maximum atomic E-state index is 14.3. The van der Waals surface area contributed by atoms with Crippen LogP contribution in [0.25, 0.3) is 0 Å². The summed E-state index contributed by atoms with van der Waals surface area (Å²) in [4.78, 5) is 46.1. The van der Waals surface area contributed by atoms with E-state index < -0.39 is 29.6 Å². The molecule has 9 heteroatoms. The lowest BCUT2D eigenvalue weighted by atomic mass is 9.73. The molecule has 44 heavy (non-hydrogen) atoms. The summed E-state index contributed by atoms with van der Waals surface area (Å²) in [5.74, 6) is -1.32. The van der Waals surface area contributed by atoms with Gasteiger partial charge in [-0.2, -0.15) is 0 Å². The van der Waals surface area contributed by atoms with Crippen LogP contribution >= 0.6 is 11.6 Å². The van der Waals surface area contributed by atoms with E-state index in [1.807, 2.05) is 30.4 Å². The minimum absolute atomic E-state index is 0.0437. The Hall–Kier alpha value is -3.20. The van der Waals surface area contributed by atoms with Crippen LogP contribution in [-0.4, -0.2) is 71.4 Å². The molecule has 234 valence electrons. The molecule has 2 N–H and O–H groups in total. The smallest absolute Gasteiger partial charge is 0.246 e. The van der Waals surface area contributed by atoms with Gasteiger partial charge in [0.15, 0.2) is 0 Å². The first-order chi connectivity index (χ1) is 21.2. The summed E-state index contributed by atoms with van der Waals surface area (Å²) < 4.78 is 6.53. The van der Waals surface area contributed by atoms with Crippen molar-refractivity contribution in [3.05, 3.63) is 77.3 Å². The number of halogens is 1. The molecule has 3 fully saturated rings. The summed E-state index contributed by atoms with van der Waals surface area (Å²) in [6.07, 6.45) is 7.00. The Labute approximate surface area is 265 Å². The average molecular weight is 619 g/mol. The normalized spacial score (nSPS) is 32.2. The van der Waals surface area contributed by atoms with E-state index in [4.69, 9.17) is 16.3 Å². The second-order valence-electron chi connectivity index (χ2n) is 13.2. The van der Waals surface area contributed by atoms with Crippen LogP contribution in [0.2, 0.25) is 5.02 Å². The Morgan fingerprint density at radius 3 is 2.57 bits per heavy atom. The van der Waals surface area contributed by atoms with Gasteiger partial charge in [-0.25, -0.2) is 0 Å². The lowest BCUT2D eigenvalue weighted by Gasteiger charge is -2.38. The lowest BCUT2D eigenvalue weighted by Crippen LogP contribution is -2.58. The van der Waals surface area contributed by atoms with Crippen molar-refractivity contribution in [1.29, 1.82) is 0 Å². The molecule has 8 nitrogen and oxygen atoms in total. The van der Waals surface area contributed by atoms with E-state index in [9.17, 15) is 14.4 Å². The maximum Gasteiger partial charge on any atom is 0.246 e. The third kappa shape index (κ3) is 5.80. The molecule has 1 saturated carbocycles. The predicted octanol–water partition coefficient (Wildman–Crippen LogP) is 4.89. The number of rotatable bonds is 10. The van der Waals surface area contributed by atoms with Gasteiger partial charge in [-0.15, -0.1) is 0 Å². The van der Waals surface area contributed by atoms with Gasteiger partial charge < -0.3 is 25.2 Å². The first kappa shape index (κ1) is 30.8. The molecule has 0 unspecified atom stereocenters. The molecular weight excluding hydrogens is 576 g/mol. The van der Waals surface area contributed by atoms with Gasteiger partial charge in [-0.05, 0) is 68.1 Å². The Morgan fingerprint density at radius 1 is 1.07 bits per heavy atom. The van der Waals surface area contributed by atoms with E-state index in [1.54, 1.807) is 29.2 Å². The van der Waals surface area contributed by atoms with Crippen molar-refractivity contribution in [2.45, 2.75) is 69.9 Å². The number of ether oxygens (including phenoxy) is 1. The summed E-state index contributed by atoms with van der Waals surface area (Å²) in [7, 11) is 2.06. The van der Waals surface area contributed by atoms with Crippen LogP contribution in [-0.2, 0) is 25.7 Å². The molecule has 2 aromatic carbocycles. The minimum Gasteiger partial charge on any atom is -0.359 e. The van der Waals surface area contributed by atoms with Gasteiger partial charge in [-0.3, -0.25) is 14.4 Å². The van der Waals surface area contributed by atoms with Crippen molar-refractivity contribution < 1.29 is 19.1 Å². The molecule has 2 bridgehead atoms. The fourth-order valence-corrected chi connectivity index (χ4v) is 7.93. The zero-order chi connectivity index (χ0) is 31.0. The van der Waals surface area contributed by atoms with Gasteiger partial charge >= 0.3 is 0 Å². The van der Waals surface area contributed by atoms with Crippen LogP contribution in [0.5, 0.6) is 0 Å². The van der Waals surface area contributed by atoms with Crippen LogP contribution in [0.15, 0.2) is 66.7 Å². The first-order valence-corrected chi connectivity index (χ1v) is 16.3. The van der Waals surface area contributed by atoms with Crippen LogP contribution in [0, 0.1) is 23.7 Å². The van der Waals surface area contributed by atoms with E-state index in [2.05, 4.69) is 48.6 Å². The Kier molecular flexibility index (Phi) is 8.86. The van der Waals surface area contributed by atoms with Crippen molar-refractivity contribution in [2.75, 3.05) is 25.5 Å². The van der Waals surface area contributed by atoms with Gasteiger partial charge in [0.2, 0.25) is 17.7 Å². The van der Waals surface area contributed by atoms with E-state index in [-0.39, 0.29) is 23.8 Å². The highest BCUT2D eigenvalue weighted by Gasteiger charge is 2.72. The number of nitrogens with zero attached hydrogens (tertiary/aromatic N) is 2. The van der Waals surface area contributed by atoms with Gasteiger partial charge in [0.05, 0.1) is 17.9 Å². The second kappa shape index (κ2) is 12.7. The quantitative estimate of drug-likeness (QED) is 0.370. The van der Waals surface area contributed by atoms with Crippen molar-refractivity contribution in [3.63, 3.8) is 0 Å². The van der Waals surface area contributed by atoms with Gasteiger partial charge in [-0.1, -0.05) is 80.8 Å². The van der Waals surface area contributed by atoms with Crippen LogP contribution in [0.1, 0.15) is 45.1 Å². The summed E-state index contributed by atoms with van der Waals surface area (Å²) >= 11 is 6.04. The first-order valence-electron chi connectivity index (χ1n) is 15.9. The number of amides is 3. The monoisotopic (exact) mass is 618 g/mol. The molecular formula is C35H43ClN4O4. The predicted molar refractivity (Wildman–Crippen MR) is 171 cm³/mol. The molecule has 3 aliphatic heterocycles. The minimum atomic E-state index is -1.17. The van der Waals surface area contributed by atoms with Gasteiger partial charge in [0, 0.05) is 29.8 Å². The summed E-state index contributed by atoms with van der Waals surface area (Å²) in [6, 6.07) is 16.4. The molecule has 3 amide bonds. The molecule has 8 atom stereocenters. The fraction of sp³-hybridized carbons (Fsp3) is 0.514. The van der Waals surface area contributed by atoms with Gasteiger partial charge in [0.25, 0.3) is 0 Å². The van der Waals surface area contributed by atoms with Crippen LogP contribution in [0.3, 0.4) is 0 Å². The van der Waals surface area contributed by atoms with Crippen molar-refractivity contribution in [3.8, 4) is 0 Å². The molecule has 4 aliphatic rings. The number of carbonyl (C=O) groups is 3. The van der Waals surface area contributed by atoms with Crippen molar-refractivity contribution in [1.82, 2.24) is 15.1 Å². The third-order valence-electron chi connectivity index (χ3n) is 10.3. The number of anilines is 1. The van der Waals surface area contributed by atoms with E-state index in [0.717, 1.165) is 32.4 Å². The van der Waals surface area contributed by atoms with E-state index >= 15 is 0 Å². The molecule has 0 aromatic heterocycles. The zero-order valence-corrected chi connectivity index (χ0v) is 26.5. The number of likely N-dealkylation sites (tertiary alicyclic amines) is 1. The Bertz CT molecular complexity index is 1400. The topological polar surface area (TPSA) is 91.0 Å². The third-order valence-corrected chi connectivity index (χ3v) is 10.6. The molecule has 3 heterocycles. The van der Waals surface area contributed by atoms with Crippen LogP contribution in [0.4, 0.5) is 5.69 Å². The summed E-state index contributed by atoms with van der Waals surface area (Å²) in [5, 5.41) is 6.85. The number of benzene rings is 2. The standard InChI is InChI=1S/C35H43ClN4O4/c1-22-9-7-12-27(23(22)2)38-33(42)31-35-18-17-28(44-35)29(32(41)37-26-15-13-25(36)14-16-26)30(35)34(43)40(31)20-8-19-39(3)21-24-10-5-4-6-11-24/h4-6,10-11,13-18,22-23,27-31H,7-9,12,19-21H2,1-3H3,(H,37,41)(H,38,42)/t22-,23+,27+,28+,29-,30+,31+,35+/m1/s1.